The van der Waals surface area contributed by atoms with Crippen LogP contribution in [0.15, 0.2) is 0 Å². The van der Waals surface area contributed by atoms with Gasteiger partial charge in [0, 0.05) is 19.7 Å². The predicted molar refractivity (Wildman–Crippen MR) is 87.9 cm³/mol. The number of likely N-dealkylation sites (N-methyl/N-ethyl adjacent to an activating group) is 1. The second-order valence-corrected chi connectivity index (χ2v) is 8.69. The Balaban J connectivity index is 2.88. The van der Waals surface area contributed by atoms with Crippen LogP contribution < -0.4 is 0 Å². The summed E-state index contributed by atoms with van der Waals surface area (Å²) in [4.78, 5) is 14.4. The van der Waals surface area contributed by atoms with Gasteiger partial charge >= 0.3 is 5.97 Å². The van der Waals surface area contributed by atoms with Crippen LogP contribution in [0, 0.1) is 5.92 Å². The SMILES string of the molecule is COCOC[C@H]1CC(C(=O)OC(C)(C)C)C(OS(C)(=O)=O)CN1C. The van der Waals surface area contributed by atoms with Crippen molar-refractivity contribution in [2.45, 2.75) is 44.9 Å². The number of methoxy groups -OCH3 is 1. The average molecular weight is 367 g/mol. The summed E-state index contributed by atoms with van der Waals surface area (Å²) in [5.41, 5.74) is -0.655. The molecule has 3 atom stereocenters. The lowest BCUT2D eigenvalue weighted by Gasteiger charge is -2.40. The minimum atomic E-state index is -3.68. The number of nitrogens with zero attached hydrogens (tertiary/aromatic N) is 1. The van der Waals surface area contributed by atoms with Gasteiger partial charge in [0.1, 0.15) is 18.5 Å². The van der Waals surface area contributed by atoms with Crippen molar-refractivity contribution in [2.75, 3.05) is 40.4 Å². The lowest BCUT2D eigenvalue weighted by atomic mass is 9.89. The van der Waals surface area contributed by atoms with E-state index in [0.717, 1.165) is 6.26 Å². The Hall–Kier alpha value is -0.740. The van der Waals surface area contributed by atoms with Crippen LogP contribution in [0.1, 0.15) is 27.2 Å². The molecule has 1 aliphatic rings. The molecule has 0 saturated carbocycles. The van der Waals surface area contributed by atoms with E-state index in [0.29, 0.717) is 13.0 Å². The highest BCUT2D eigenvalue weighted by molar-refractivity contribution is 7.86. The number of esters is 1. The molecule has 1 heterocycles. The zero-order valence-electron chi connectivity index (χ0n) is 15.3. The summed E-state index contributed by atoms with van der Waals surface area (Å²) in [6.07, 6.45) is 0.584. The highest BCUT2D eigenvalue weighted by atomic mass is 32.2. The Morgan fingerprint density at radius 2 is 1.92 bits per heavy atom. The minimum absolute atomic E-state index is 0.0583. The molecule has 0 spiro atoms. The number of likely N-dealkylation sites (tertiary alicyclic amines) is 1. The number of hydrogen-bond acceptors (Lipinski definition) is 8. The second kappa shape index (κ2) is 8.57. The van der Waals surface area contributed by atoms with E-state index < -0.39 is 33.7 Å². The maximum atomic E-state index is 12.5. The maximum absolute atomic E-state index is 12.5. The number of piperidine rings is 1. The maximum Gasteiger partial charge on any atom is 0.312 e. The molecular weight excluding hydrogens is 338 g/mol. The van der Waals surface area contributed by atoms with E-state index in [-0.39, 0.29) is 19.4 Å². The minimum Gasteiger partial charge on any atom is -0.460 e. The molecule has 1 fully saturated rings. The van der Waals surface area contributed by atoms with E-state index >= 15 is 0 Å². The highest BCUT2D eigenvalue weighted by Crippen LogP contribution is 2.28. The highest BCUT2D eigenvalue weighted by Gasteiger charge is 2.42. The molecule has 0 aliphatic carbocycles. The normalized spacial score (nSPS) is 26.3. The van der Waals surface area contributed by atoms with Crippen LogP contribution >= 0.6 is 0 Å². The monoisotopic (exact) mass is 367 g/mol. The lowest BCUT2D eigenvalue weighted by Crippen LogP contribution is -2.54. The number of carbonyl (C=O) groups is 1. The summed E-state index contributed by atoms with van der Waals surface area (Å²) in [5, 5.41) is 0. The zero-order chi connectivity index (χ0) is 18.5. The Kier molecular flexibility index (Phi) is 7.61. The molecule has 2 unspecified atom stereocenters. The first kappa shape index (κ1) is 21.3. The van der Waals surface area contributed by atoms with Crippen molar-refractivity contribution in [1.29, 1.82) is 0 Å². The third-order valence-electron chi connectivity index (χ3n) is 3.59. The van der Waals surface area contributed by atoms with Gasteiger partial charge in [-0.25, -0.2) is 0 Å². The Morgan fingerprint density at radius 1 is 1.29 bits per heavy atom. The first-order chi connectivity index (χ1) is 10.9. The Bertz CT molecular complexity index is 514. The van der Waals surface area contributed by atoms with Gasteiger partial charge in [0.15, 0.2) is 0 Å². The molecular formula is C15H29NO7S. The van der Waals surface area contributed by atoms with Crippen LogP contribution in [0.3, 0.4) is 0 Å². The Morgan fingerprint density at radius 3 is 2.42 bits per heavy atom. The fourth-order valence-electron chi connectivity index (χ4n) is 2.60. The molecule has 1 saturated heterocycles. The molecule has 0 amide bonds. The third kappa shape index (κ3) is 7.43. The average Bonchev–Trinajstić information content (AvgIpc) is 2.37. The summed E-state index contributed by atoms with van der Waals surface area (Å²) < 4.78 is 43.8. The smallest absolute Gasteiger partial charge is 0.312 e. The van der Waals surface area contributed by atoms with E-state index in [1.165, 1.54) is 7.11 Å². The van der Waals surface area contributed by atoms with Crippen molar-refractivity contribution in [3.8, 4) is 0 Å². The number of hydrogen-bond donors (Lipinski definition) is 0. The molecule has 8 nitrogen and oxygen atoms in total. The molecule has 0 aromatic carbocycles. The molecule has 0 aromatic heterocycles. The van der Waals surface area contributed by atoms with Gasteiger partial charge in [-0.2, -0.15) is 8.42 Å². The number of ether oxygens (including phenoxy) is 3. The lowest BCUT2D eigenvalue weighted by molar-refractivity contribution is -0.168. The summed E-state index contributed by atoms with van der Waals surface area (Å²) in [5.74, 6) is -1.13. The standard InChI is InChI=1S/C15H29NO7S/c1-15(2,3)22-14(17)12-7-11(9-21-10-20-5)16(4)8-13(12)23-24(6,18)19/h11-13H,7-10H2,1-6H3/t11-,12?,13?/m1/s1. The van der Waals surface area contributed by atoms with Gasteiger partial charge in [0.2, 0.25) is 0 Å². The molecule has 142 valence electrons. The number of carbonyl (C=O) groups excluding carboxylic acids is 1. The van der Waals surface area contributed by atoms with Crippen LogP contribution in [0.2, 0.25) is 0 Å². The van der Waals surface area contributed by atoms with Crippen molar-refractivity contribution in [3.63, 3.8) is 0 Å². The van der Waals surface area contributed by atoms with Gasteiger partial charge < -0.3 is 14.2 Å². The molecule has 1 aliphatic heterocycles. The predicted octanol–water partition coefficient (Wildman–Crippen LogP) is 0.614. The zero-order valence-corrected chi connectivity index (χ0v) is 16.1. The van der Waals surface area contributed by atoms with Crippen molar-refractivity contribution in [1.82, 2.24) is 4.90 Å². The molecule has 1 rings (SSSR count). The molecule has 0 bridgehead atoms. The van der Waals surface area contributed by atoms with E-state index in [4.69, 9.17) is 18.4 Å². The van der Waals surface area contributed by atoms with Gasteiger partial charge in [0.25, 0.3) is 10.1 Å². The molecule has 24 heavy (non-hydrogen) atoms. The van der Waals surface area contributed by atoms with Crippen molar-refractivity contribution in [2.24, 2.45) is 5.92 Å². The van der Waals surface area contributed by atoms with Crippen LogP contribution in [-0.4, -0.2) is 77.4 Å². The Labute approximate surface area is 144 Å². The van der Waals surface area contributed by atoms with E-state index in [2.05, 4.69) is 0 Å². The van der Waals surface area contributed by atoms with Crippen LogP contribution in [0.25, 0.3) is 0 Å². The van der Waals surface area contributed by atoms with Crippen molar-refractivity contribution in [3.05, 3.63) is 0 Å². The fraction of sp³-hybridized carbons (Fsp3) is 0.933. The molecule has 9 heteroatoms. The molecule has 0 radical (unpaired) electrons. The van der Waals surface area contributed by atoms with Crippen molar-refractivity contribution >= 4 is 16.1 Å². The van der Waals surface area contributed by atoms with Crippen LogP contribution in [0.5, 0.6) is 0 Å². The quantitative estimate of drug-likeness (QED) is 0.280. The molecule has 0 aromatic rings. The van der Waals surface area contributed by atoms with Gasteiger partial charge in [-0.3, -0.25) is 13.9 Å². The van der Waals surface area contributed by atoms with E-state index in [1.54, 1.807) is 20.8 Å². The third-order valence-corrected chi connectivity index (χ3v) is 4.18. The second-order valence-electron chi connectivity index (χ2n) is 7.09. The summed E-state index contributed by atoms with van der Waals surface area (Å²) in [6.45, 7) is 6.13. The largest absolute Gasteiger partial charge is 0.460 e. The van der Waals surface area contributed by atoms with Gasteiger partial charge in [-0.05, 0) is 34.2 Å². The fourth-order valence-corrected chi connectivity index (χ4v) is 3.24. The van der Waals surface area contributed by atoms with Gasteiger partial charge in [0.05, 0.1) is 18.8 Å². The van der Waals surface area contributed by atoms with Gasteiger partial charge in [-0.1, -0.05) is 0 Å². The summed E-state index contributed by atoms with van der Waals surface area (Å²) in [6, 6.07) is -0.0583. The van der Waals surface area contributed by atoms with Crippen LogP contribution in [0.4, 0.5) is 0 Å². The number of rotatable bonds is 7. The summed E-state index contributed by atoms with van der Waals surface area (Å²) in [7, 11) is -0.311. The van der Waals surface area contributed by atoms with Crippen molar-refractivity contribution < 1.29 is 31.6 Å². The van der Waals surface area contributed by atoms with E-state index in [1.807, 2.05) is 11.9 Å². The first-order valence-corrected chi connectivity index (χ1v) is 9.62. The van der Waals surface area contributed by atoms with Gasteiger partial charge in [-0.15, -0.1) is 0 Å². The van der Waals surface area contributed by atoms with Crippen LogP contribution in [-0.2, 0) is 33.3 Å². The van der Waals surface area contributed by atoms with E-state index in [9.17, 15) is 13.2 Å². The summed E-state index contributed by atoms with van der Waals surface area (Å²) >= 11 is 0. The first-order valence-electron chi connectivity index (χ1n) is 7.81. The topological polar surface area (TPSA) is 91.4 Å². The molecule has 0 N–H and O–H groups in total.